The predicted molar refractivity (Wildman–Crippen MR) is 61.8 cm³/mol. The molecule has 0 radical (unpaired) electrons. The summed E-state index contributed by atoms with van der Waals surface area (Å²) in [5, 5.41) is 3.12. The Morgan fingerprint density at radius 1 is 1.29 bits per heavy atom. The normalized spacial score (nSPS) is 8.93. The third-order valence-electron chi connectivity index (χ3n) is 1.98. The lowest BCUT2D eigenvalue weighted by atomic mass is 10.1. The average Bonchev–Trinajstić information content (AvgIpc) is 2.24. The number of nitrogens with one attached hydrogen (secondary N) is 1. The molecule has 0 fully saturated rings. The molecule has 0 unspecified atom stereocenters. The highest BCUT2D eigenvalue weighted by Gasteiger charge is 2.01. The molecular formula is C12H21NO. The van der Waals surface area contributed by atoms with Crippen molar-refractivity contribution in [2.45, 2.75) is 27.3 Å². The molecule has 1 aromatic carbocycles. The Hall–Kier alpha value is -1.02. The summed E-state index contributed by atoms with van der Waals surface area (Å²) < 4.78 is 5.20. The molecule has 0 saturated heterocycles. The Bertz CT molecular complexity index is 258. The van der Waals surface area contributed by atoms with Crippen LogP contribution in [-0.4, -0.2) is 14.2 Å². The minimum Gasteiger partial charge on any atom is -0.496 e. The van der Waals surface area contributed by atoms with E-state index in [0.29, 0.717) is 0 Å². The highest BCUT2D eigenvalue weighted by atomic mass is 16.5. The van der Waals surface area contributed by atoms with Gasteiger partial charge in [0.2, 0.25) is 0 Å². The molecule has 0 aromatic heterocycles. The molecule has 0 aliphatic carbocycles. The fourth-order valence-corrected chi connectivity index (χ4v) is 1.26. The van der Waals surface area contributed by atoms with Crippen molar-refractivity contribution in [2.24, 2.45) is 0 Å². The molecule has 80 valence electrons. The third-order valence-corrected chi connectivity index (χ3v) is 1.98. The average molecular weight is 195 g/mol. The molecule has 0 aliphatic rings. The van der Waals surface area contributed by atoms with Gasteiger partial charge in [-0.1, -0.05) is 26.0 Å². The zero-order chi connectivity index (χ0) is 11.0. The summed E-state index contributed by atoms with van der Waals surface area (Å²) in [7, 11) is 3.64. The predicted octanol–water partition coefficient (Wildman–Crippen LogP) is 2.75. The molecule has 1 N–H and O–H groups in total. The van der Waals surface area contributed by atoms with Crippen molar-refractivity contribution >= 4 is 0 Å². The van der Waals surface area contributed by atoms with Gasteiger partial charge in [0.15, 0.2) is 0 Å². The summed E-state index contributed by atoms with van der Waals surface area (Å²) in [6.45, 7) is 6.97. The van der Waals surface area contributed by atoms with Gasteiger partial charge < -0.3 is 10.1 Å². The van der Waals surface area contributed by atoms with Crippen LogP contribution in [0.2, 0.25) is 0 Å². The van der Waals surface area contributed by atoms with E-state index in [1.54, 1.807) is 7.11 Å². The lowest BCUT2D eigenvalue weighted by Crippen LogP contribution is -2.06. The number of hydrogen-bond acceptors (Lipinski definition) is 2. The lowest BCUT2D eigenvalue weighted by Gasteiger charge is -2.09. The number of benzene rings is 1. The summed E-state index contributed by atoms with van der Waals surface area (Å²) in [4.78, 5) is 0. The summed E-state index contributed by atoms with van der Waals surface area (Å²) in [6, 6.07) is 6.10. The lowest BCUT2D eigenvalue weighted by molar-refractivity contribution is 0.411. The molecule has 1 rings (SSSR count). The molecule has 2 heteroatoms. The van der Waals surface area contributed by atoms with E-state index in [1.165, 1.54) is 11.1 Å². The highest BCUT2D eigenvalue weighted by molar-refractivity contribution is 5.38. The Morgan fingerprint density at radius 3 is 2.43 bits per heavy atom. The number of ether oxygens (including phenoxy) is 1. The Kier molecular flexibility index (Phi) is 6.85. The van der Waals surface area contributed by atoms with Gasteiger partial charge in [-0.15, -0.1) is 0 Å². The first-order chi connectivity index (χ1) is 6.79. The maximum atomic E-state index is 5.20. The SMILES string of the molecule is CC.CNCc1cccc(OC)c1C. The van der Waals surface area contributed by atoms with Crippen LogP contribution in [0.4, 0.5) is 0 Å². The van der Waals surface area contributed by atoms with Crippen molar-refractivity contribution in [3.8, 4) is 5.75 Å². The summed E-state index contributed by atoms with van der Waals surface area (Å²) in [5.74, 6) is 0.961. The number of methoxy groups -OCH3 is 1. The van der Waals surface area contributed by atoms with E-state index in [0.717, 1.165) is 12.3 Å². The summed E-state index contributed by atoms with van der Waals surface area (Å²) in [6.07, 6.45) is 0. The van der Waals surface area contributed by atoms with E-state index in [2.05, 4.69) is 18.3 Å². The quantitative estimate of drug-likeness (QED) is 0.800. The van der Waals surface area contributed by atoms with Crippen LogP contribution in [0.3, 0.4) is 0 Å². The minimum absolute atomic E-state index is 0.892. The zero-order valence-electron chi connectivity index (χ0n) is 9.85. The fourth-order valence-electron chi connectivity index (χ4n) is 1.26. The third kappa shape index (κ3) is 3.38. The van der Waals surface area contributed by atoms with Gasteiger partial charge in [0.25, 0.3) is 0 Å². The molecule has 0 amide bonds. The second-order valence-corrected chi connectivity index (χ2v) is 2.77. The Morgan fingerprint density at radius 2 is 1.93 bits per heavy atom. The summed E-state index contributed by atoms with van der Waals surface area (Å²) >= 11 is 0. The molecule has 0 saturated carbocycles. The van der Waals surface area contributed by atoms with Crippen LogP contribution < -0.4 is 10.1 Å². The maximum absolute atomic E-state index is 5.20. The van der Waals surface area contributed by atoms with Crippen molar-refractivity contribution in [3.63, 3.8) is 0 Å². The summed E-state index contributed by atoms with van der Waals surface area (Å²) in [5.41, 5.74) is 2.51. The van der Waals surface area contributed by atoms with E-state index in [1.807, 2.05) is 33.0 Å². The first-order valence-corrected chi connectivity index (χ1v) is 5.06. The van der Waals surface area contributed by atoms with Crippen LogP contribution in [0.15, 0.2) is 18.2 Å². The van der Waals surface area contributed by atoms with Crippen molar-refractivity contribution in [2.75, 3.05) is 14.2 Å². The van der Waals surface area contributed by atoms with Crippen molar-refractivity contribution < 1.29 is 4.74 Å². The smallest absolute Gasteiger partial charge is 0.122 e. The van der Waals surface area contributed by atoms with Gasteiger partial charge in [-0.25, -0.2) is 0 Å². The van der Waals surface area contributed by atoms with Crippen molar-refractivity contribution in [1.82, 2.24) is 5.32 Å². The van der Waals surface area contributed by atoms with E-state index in [9.17, 15) is 0 Å². The largest absolute Gasteiger partial charge is 0.496 e. The van der Waals surface area contributed by atoms with Crippen LogP contribution in [-0.2, 0) is 6.54 Å². The molecule has 0 heterocycles. The van der Waals surface area contributed by atoms with Crippen LogP contribution >= 0.6 is 0 Å². The Balaban J connectivity index is 0.000000791. The van der Waals surface area contributed by atoms with Crippen molar-refractivity contribution in [3.05, 3.63) is 29.3 Å². The second-order valence-electron chi connectivity index (χ2n) is 2.77. The topological polar surface area (TPSA) is 21.3 Å². The van der Waals surface area contributed by atoms with Gasteiger partial charge in [-0.05, 0) is 31.2 Å². The monoisotopic (exact) mass is 195 g/mol. The zero-order valence-corrected chi connectivity index (χ0v) is 9.85. The molecule has 0 bridgehead atoms. The molecule has 0 aliphatic heterocycles. The van der Waals surface area contributed by atoms with Gasteiger partial charge in [0.05, 0.1) is 7.11 Å². The number of hydrogen-bond donors (Lipinski definition) is 1. The standard InChI is InChI=1S/C10H15NO.C2H6/c1-8-9(7-11-2)5-4-6-10(8)12-3;1-2/h4-6,11H,7H2,1-3H3;1-2H3. The molecular weight excluding hydrogens is 174 g/mol. The van der Waals surface area contributed by atoms with Crippen LogP contribution in [0.1, 0.15) is 25.0 Å². The van der Waals surface area contributed by atoms with Crippen LogP contribution in [0.5, 0.6) is 5.75 Å². The van der Waals surface area contributed by atoms with Gasteiger partial charge in [-0.2, -0.15) is 0 Å². The van der Waals surface area contributed by atoms with Gasteiger partial charge in [-0.3, -0.25) is 0 Å². The minimum atomic E-state index is 0.892. The van der Waals surface area contributed by atoms with Gasteiger partial charge >= 0.3 is 0 Å². The first-order valence-electron chi connectivity index (χ1n) is 5.06. The highest BCUT2D eigenvalue weighted by Crippen LogP contribution is 2.20. The van der Waals surface area contributed by atoms with E-state index in [4.69, 9.17) is 4.74 Å². The van der Waals surface area contributed by atoms with E-state index >= 15 is 0 Å². The first kappa shape index (κ1) is 13.0. The maximum Gasteiger partial charge on any atom is 0.122 e. The van der Waals surface area contributed by atoms with E-state index < -0.39 is 0 Å². The van der Waals surface area contributed by atoms with Gasteiger partial charge in [0.1, 0.15) is 5.75 Å². The Labute approximate surface area is 87.3 Å². The molecule has 2 nitrogen and oxygen atoms in total. The van der Waals surface area contributed by atoms with Crippen LogP contribution in [0.25, 0.3) is 0 Å². The van der Waals surface area contributed by atoms with Gasteiger partial charge in [0, 0.05) is 6.54 Å². The van der Waals surface area contributed by atoms with Crippen LogP contribution in [0, 0.1) is 6.92 Å². The van der Waals surface area contributed by atoms with Crippen molar-refractivity contribution in [1.29, 1.82) is 0 Å². The molecule has 0 spiro atoms. The number of rotatable bonds is 3. The second kappa shape index (κ2) is 7.39. The molecule has 14 heavy (non-hydrogen) atoms. The molecule has 1 aromatic rings. The fraction of sp³-hybridized carbons (Fsp3) is 0.500. The molecule has 0 atom stereocenters. The van der Waals surface area contributed by atoms with E-state index in [-0.39, 0.29) is 0 Å².